The molecule has 0 spiro atoms. The van der Waals surface area contributed by atoms with Crippen molar-refractivity contribution in [1.82, 2.24) is 14.8 Å². The summed E-state index contributed by atoms with van der Waals surface area (Å²) < 4.78 is 31.0. The van der Waals surface area contributed by atoms with Crippen LogP contribution in [0.15, 0.2) is 89.8 Å². The molecule has 0 unspecified atom stereocenters. The van der Waals surface area contributed by atoms with Crippen LogP contribution < -0.4 is 5.32 Å². The number of sulfonamides is 1. The van der Waals surface area contributed by atoms with Gasteiger partial charge in [0.25, 0.3) is 0 Å². The van der Waals surface area contributed by atoms with Crippen LogP contribution in [0.4, 0.5) is 11.9 Å². The molecule has 0 saturated carbocycles. The molecule has 166 valence electrons. The minimum Gasteiger partial charge on any atom is -0.338 e. The maximum absolute atomic E-state index is 12.8. The Hall–Kier alpha value is -3.33. The zero-order valence-electron chi connectivity index (χ0n) is 16.9. The fraction of sp³-hybridized carbons (Fsp3) is 0.0435. The lowest BCUT2D eigenvalue weighted by Gasteiger charge is -2.27. The van der Waals surface area contributed by atoms with Crippen molar-refractivity contribution in [3.05, 3.63) is 111 Å². The highest BCUT2D eigenvalue weighted by Crippen LogP contribution is 2.35. The molecule has 1 aliphatic heterocycles. The van der Waals surface area contributed by atoms with Gasteiger partial charge in [-0.2, -0.15) is 0 Å². The van der Waals surface area contributed by atoms with E-state index < -0.39 is 10.0 Å². The minimum absolute atomic E-state index is 0.00668. The molecule has 0 fully saturated rings. The second-order valence-corrected chi connectivity index (χ2v) is 9.74. The van der Waals surface area contributed by atoms with Gasteiger partial charge < -0.3 is 10.3 Å². The Bertz CT molecular complexity index is 1430. The number of benzene rings is 3. The summed E-state index contributed by atoms with van der Waals surface area (Å²) in [5.41, 5.74) is 2.66. The van der Waals surface area contributed by atoms with Gasteiger partial charge in [-0.3, -0.25) is 14.5 Å². The number of nitrogens with one attached hydrogen (secondary N) is 1. The smallest absolute Gasteiger partial charge is 0.229 e. The summed E-state index contributed by atoms with van der Waals surface area (Å²) in [6.45, 7) is 0. The predicted octanol–water partition coefficient (Wildman–Crippen LogP) is 6.04. The van der Waals surface area contributed by atoms with Crippen LogP contribution in [0.1, 0.15) is 17.2 Å². The Balaban J connectivity index is 1.52. The van der Waals surface area contributed by atoms with Crippen LogP contribution in [-0.2, 0) is 10.0 Å². The van der Waals surface area contributed by atoms with Gasteiger partial charge in [0.2, 0.25) is 10.0 Å². The first-order valence-electron chi connectivity index (χ1n) is 9.89. The van der Waals surface area contributed by atoms with Crippen LogP contribution in [0, 0.1) is 0 Å². The third kappa shape index (κ3) is 4.45. The summed E-state index contributed by atoms with van der Waals surface area (Å²) in [6.07, 6.45) is 2.00. The van der Waals surface area contributed by atoms with Crippen molar-refractivity contribution in [3.8, 4) is 0 Å². The van der Waals surface area contributed by atoms with Gasteiger partial charge >= 0.3 is 0 Å². The average molecular weight is 497 g/mol. The zero-order valence-corrected chi connectivity index (χ0v) is 19.3. The van der Waals surface area contributed by atoms with Gasteiger partial charge in [0.1, 0.15) is 5.95 Å². The second kappa shape index (κ2) is 8.55. The van der Waals surface area contributed by atoms with Crippen LogP contribution in [0.2, 0.25) is 10.0 Å². The van der Waals surface area contributed by atoms with Crippen molar-refractivity contribution in [1.29, 1.82) is 0 Å². The predicted molar refractivity (Wildman–Crippen MR) is 129 cm³/mol. The molecule has 4 aromatic rings. The molecule has 7 nitrogen and oxygen atoms in total. The quantitative estimate of drug-likeness (QED) is 0.363. The molecule has 1 aliphatic rings. The molecule has 3 aromatic carbocycles. The van der Waals surface area contributed by atoms with Gasteiger partial charge in [-0.05, 0) is 53.6 Å². The lowest BCUT2D eigenvalue weighted by atomic mass is 10.0. The van der Waals surface area contributed by atoms with Crippen molar-refractivity contribution in [2.75, 3.05) is 5.32 Å². The highest BCUT2D eigenvalue weighted by atomic mass is 35.5. The summed E-state index contributed by atoms with van der Waals surface area (Å²) in [6, 6.07) is 22.6. The number of allylic oxidation sites excluding steroid dienone is 1. The van der Waals surface area contributed by atoms with Crippen LogP contribution in [-0.4, -0.2) is 23.2 Å². The van der Waals surface area contributed by atoms with Crippen molar-refractivity contribution in [3.63, 3.8) is 0 Å². The number of nitrogens with zero attached hydrogens (tertiary/aromatic N) is 4. The fourth-order valence-corrected chi connectivity index (χ4v) is 4.60. The van der Waals surface area contributed by atoms with Crippen LogP contribution >= 0.6 is 23.2 Å². The third-order valence-corrected chi connectivity index (χ3v) is 6.84. The van der Waals surface area contributed by atoms with E-state index in [1.54, 1.807) is 16.8 Å². The molecule has 1 atom stereocenters. The first kappa shape index (κ1) is 21.5. The van der Waals surface area contributed by atoms with Crippen LogP contribution in [0.25, 0.3) is 10.4 Å². The molecule has 5 rings (SSSR count). The second-order valence-electron chi connectivity index (χ2n) is 7.27. The van der Waals surface area contributed by atoms with Crippen LogP contribution in [0.5, 0.6) is 0 Å². The molecule has 0 radical (unpaired) electrons. The molecule has 33 heavy (non-hydrogen) atoms. The topological polar surface area (TPSA) is 91.0 Å². The van der Waals surface area contributed by atoms with E-state index in [4.69, 9.17) is 23.2 Å². The van der Waals surface area contributed by atoms with E-state index in [9.17, 15) is 8.42 Å². The first-order valence-corrected chi connectivity index (χ1v) is 12.1. The van der Waals surface area contributed by atoms with E-state index in [1.807, 2.05) is 48.5 Å². The number of fused-ring (bicyclic) bond motifs is 1. The molecule has 0 aliphatic carbocycles. The summed E-state index contributed by atoms with van der Waals surface area (Å²) in [5, 5.41) is 8.67. The Labute approximate surface area is 200 Å². The summed E-state index contributed by atoms with van der Waals surface area (Å²) >= 11 is 11.9. The van der Waals surface area contributed by atoms with E-state index in [0.29, 0.717) is 16.0 Å². The molecule has 0 saturated heterocycles. The third-order valence-electron chi connectivity index (χ3n) is 5.06. The molecule has 2 heterocycles. The van der Waals surface area contributed by atoms with Gasteiger partial charge in [0.05, 0.1) is 16.9 Å². The van der Waals surface area contributed by atoms with E-state index >= 15 is 0 Å². The largest absolute Gasteiger partial charge is 0.338 e. The Morgan fingerprint density at radius 1 is 0.879 bits per heavy atom. The van der Waals surface area contributed by atoms with Crippen LogP contribution in [0.3, 0.4) is 0 Å². The number of halogens is 2. The molecule has 10 heteroatoms. The number of hydrogen-bond donors (Lipinski definition) is 1. The number of hydrogen-bond acceptors (Lipinski definition) is 5. The van der Waals surface area contributed by atoms with Gasteiger partial charge in [0.15, 0.2) is 0 Å². The first-order chi connectivity index (χ1) is 15.9. The fourth-order valence-electron chi connectivity index (χ4n) is 3.47. The van der Waals surface area contributed by atoms with Gasteiger partial charge in [-0.1, -0.05) is 65.7 Å². The maximum atomic E-state index is 12.8. The highest BCUT2D eigenvalue weighted by Gasteiger charge is 2.22. The maximum Gasteiger partial charge on any atom is 0.229 e. The average Bonchev–Trinajstić information content (AvgIpc) is 3.21. The molecule has 0 bridgehead atoms. The van der Waals surface area contributed by atoms with Gasteiger partial charge in [-0.25, -0.2) is 8.42 Å². The summed E-state index contributed by atoms with van der Waals surface area (Å²) in [5.74, 6) is 0.209. The van der Waals surface area contributed by atoms with Gasteiger partial charge in [-0.15, -0.1) is 0 Å². The minimum atomic E-state index is -4.01. The monoisotopic (exact) mass is 496 g/mol. The summed E-state index contributed by atoms with van der Waals surface area (Å²) in [7, 11) is -4.01. The Kier molecular flexibility index (Phi) is 5.57. The highest BCUT2D eigenvalue weighted by molar-refractivity contribution is 7.94. The number of aromatic nitrogens is 3. The zero-order chi connectivity index (χ0) is 23.0. The standard InChI is InChI=1S/C23H16Cl2N5O2S/c24-17-8-6-15(7-9-17)20-14-21(16-4-2-1-3-5-16)30-23(26-20)27-22(28-30)29-33(31,32)19-12-10-18(25)11-13-19/h1-14,21H,(H-,26,27,28,29)/q-1/t21-/m1/s1. The van der Waals surface area contributed by atoms with Crippen molar-refractivity contribution in [2.45, 2.75) is 10.9 Å². The van der Waals surface area contributed by atoms with Crippen molar-refractivity contribution < 1.29 is 8.42 Å². The lowest BCUT2D eigenvalue weighted by Crippen LogP contribution is -2.20. The van der Waals surface area contributed by atoms with Gasteiger partial charge in [0, 0.05) is 15.7 Å². The number of rotatable bonds is 5. The Morgan fingerprint density at radius 2 is 1.52 bits per heavy atom. The van der Waals surface area contributed by atoms with E-state index in [2.05, 4.69) is 20.1 Å². The number of anilines is 1. The van der Waals surface area contributed by atoms with E-state index in [0.717, 1.165) is 16.8 Å². The SMILES string of the molecule is O=S(=O)([N-]c1nc2n(n1)[C@@H](c1ccccc1)C=C(c1ccc(Cl)cc1)N2)c1ccc(Cl)cc1. The lowest BCUT2D eigenvalue weighted by molar-refractivity contribution is 0.601. The van der Waals surface area contributed by atoms with E-state index in [1.165, 1.54) is 24.3 Å². The normalized spacial score (nSPS) is 15.3. The molecule has 1 aromatic heterocycles. The molecule has 1 N–H and O–H groups in total. The molecule has 0 amide bonds. The van der Waals surface area contributed by atoms with Crippen molar-refractivity contribution in [2.24, 2.45) is 0 Å². The molecular weight excluding hydrogens is 481 g/mol. The Morgan fingerprint density at radius 3 is 2.18 bits per heavy atom. The van der Waals surface area contributed by atoms with E-state index in [-0.39, 0.29) is 16.9 Å². The van der Waals surface area contributed by atoms with Crippen molar-refractivity contribution >= 4 is 50.8 Å². The summed E-state index contributed by atoms with van der Waals surface area (Å²) in [4.78, 5) is 4.36. The molecular formula is C23H16Cl2N5O2S-.